The van der Waals surface area contributed by atoms with Crippen molar-refractivity contribution in [1.82, 2.24) is 9.80 Å². The molecule has 0 bridgehead atoms. The number of nitriles is 1. The first kappa shape index (κ1) is 20.9. The van der Waals surface area contributed by atoms with Gasteiger partial charge in [-0.25, -0.2) is 4.79 Å². The monoisotopic (exact) mass is 426 g/mol. The second kappa shape index (κ2) is 9.67. The van der Waals surface area contributed by atoms with Gasteiger partial charge in [0.05, 0.1) is 11.6 Å². The van der Waals surface area contributed by atoms with Gasteiger partial charge >= 0.3 is 6.03 Å². The fourth-order valence-corrected chi connectivity index (χ4v) is 3.42. The molecule has 7 nitrogen and oxygen atoms in total. The zero-order chi connectivity index (χ0) is 22.3. The summed E-state index contributed by atoms with van der Waals surface area (Å²) in [5.41, 5.74) is 1.89. The Balaban J connectivity index is 1.28. The first-order chi connectivity index (χ1) is 15.6. The maximum absolute atomic E-state index is 12.6. The Bertz CT molecular complexity index is 1110. The first-order valence-corrected chi connectivity index (χ1v) is 10.3. The third-order valence-electron chi connectivity index (χ3n) is 5.20. The highest BCUT2D eigenvalue weighted by Crippen LogP contribution is 2.23. The molecule has 0 radical (unpaired) electrons. The van der Waals surface area contributed by atoms with Gasteiger partial charge in [0.15, 0.2) is 0 Å². The Morgan fingerprint density at radius 2 is 1.34 bits per heavy atom. The Kier molecular flexibility index (Phi) is 6.33. The molecule has 32 heavy (non-hydrogen) atoms. The largest absolute Gasteiger partial charge is 0.457 e. The van der Waals surface area contributed by atoms with Crippen LogP contribution >= 0.6 is 0 Å². The topological polar surface area (TPSA) is 85.7 Å². The van der Waals surface area contributed by atoms with Crippen LogP contribution in [0.1, 0.15) is 15.9 Å². The number of nitrogens with zero attached hydrogens (tertiary/aromatic N) is 3. The smallest absolute Gasteiger partial charge is 0.321 e. The number of rotatable bonds is 4. The maximum atomic E-state index is 12.6. The fraction of sp³-hybridized carbons (Fsp3) is 0.160. The van der Waals surface area contributed by atoms with Gasteiger partial charge in [-0.2, -0.15) is 5.26 Å². The number of carbonyl (C=O) groups is 2. The Hall–Kier alpha value is -4.31. The van der Waals surface area contributed by atoms with Gasteiger partial charge in [-0.3, -0.25) is 4.79 Å². The van der Waals surface area contributed by atoms with E-state index in [9.17, 15) is 9.59 Å². The second-order valence-corrected chi connectivity index (χ2v) is 7.34. The van der Waals surface area contributed by atoms with Gasteiger partial charge in [-0.15, -0.1) is 0 Å². The summed E-state index contributed by atoms with van der Waals surface area (Å²) in [7, 11) is 0. The van der Waals surface area contributed by atoms with E-state index in [1.165, 1.54) is 0 Å². The number of benzene rings is 3. The van der Waals surface area contributed by atoms with Crippen LogP contribution in [0.4, 0.5) is 10.5 Å². The second-order valence-electron chi connectivity index (χ2n) is 7.34. The molecule has 1 saturated heterocycles. The number of urea groups is 1. The summed E-state index contributed by atoms with van der Waals surface area (Å²) in [4.78, 5) is 28.6. The summed E-state index contributed by atoms with van der Waals surface area (Å²) in [5, 5.41) is 11.7. The van der Waals surface area contributed by atoms with Crippen molar-refractivity contribution >= 4 is 17.6 Å². The highest BCUT2D eigenvalue weighted by molar-refractivity contribution is 5.94. The third kappa shape index (κ3) is 5.05. The highest BCUT2D eigenvalue weighted by atomic mass is 16.5. The summed E-state index contributed by atoms with van der Waals surface area (Å²) in [6.07, 6.45) is 0. The molecular weight excluding hydrogens is 404 g/mol. The molecule has 0 aromatic heterocycles. The summed E-state index contributed by atoms with van der Waals surface area (Å²) in [5.74, 6) is 1.24. The van der Waals surface area contributed by atoms with Crippen LogP contribution in [0, 0.1) is 11.3 Å². The molecule has 1 N–H and O–H groups in total. The average Bonchev–Trinajstić information content (AvgIpc) is 2.86. The fourth-order valence-electron chi connectivity index (χ4n) is 3.42. The molecule has 1 aliphatic heterocycles. The van der Waals surface area contributed by atoms with Crippen LogP contribution < -0.4 is 10.1 Å². The number of piperazine rings is 1. The lowest BCUT2D eigenvalue weighted by atomic mass is 10.2. The van der Waals surface area contributed by atoms with Crippen LogP contribution in [0.25, 0.3) is 0 Å². The summed E-state index contributed by atoms with van der Waals surface area (Å²) in [6, 6.07) is 25.0. The summed E-state index contributed by atoms with van der Waals surface area (Å²) >= 11 is 0. The van der Waals surface area contributed by atoms with E-state index < -0.39 is 0 Å². The van der Waals surface area contributed by atoms with Crippen molar-refractivity contribution in [2.24, 2.45) is 0 Å². The molecular formula is C25H22N4O3. The van der Waals surface area contributed by atoms with Gasteiger partial charge in [0, 0.05) is 37.4 Å². The van der Waals surface area contributed by atoms with Crippen molar-refractivity contribution in [3.8, 4) is 17.6 Å². The maximum Gasteiger partial charge on any atom is 0.321 e. The third-order valence-corrected chi connectivity index (χ3v) is 5.20. The van der Waals surface area contributed by atoms with Crippen molar-refractivity contribution in [3.05, 3.63) is 90.0 Å². The van der Waals surface area contributed by atoms with Gasteiger partial charge in [0.2, 0.25) is 0 Å². The lowest BCUT2D eigenvalue weighted by molar-refractivity contribution is 0.0671. The van der Waals surface area contributed by atoms with Gasteiger partial charge < -0.3 is 19.9 Å². The van der Waals surface area contributed by atoms with Crippen LogP contribution in [-0.2, 0) is 0 Å². The molecule has 0 atom stereocenters. The van der Waals surface area contributed by atoms with Gasteiger partial charge in [0.1, 0.15) is 11.5 Å². The molecule has 0 aliphatic carbocycles. The molecule has 4 rings (SSSR count). The molecule has 0 saturated carbocycles. The van der Waals surface area contributed by atoms with Crippen molar-refractivity contribution in [2.45, 2.75) is 0 Å². The van der Waals surface area contributed by atoms with Crippen LogP contribution in [0.5, 0.6) is 11.5 Å². The molecule has 1 fully saturated rings. The van der Waals surface area contributed by atoms with Crippen molar-refractivity contribution in [1.29, 1.82) is 5.26 Å². The number of hydrogen-bond donors (Lipinski definition) is 1. The molecule has 160 valence electrons. The van der Waals surface area contributed by atoms with Crippen LogP contribution in [0.15, 0.2) is 78.9 Å². The predicted octanol–water partition coefficient (Wildman–Crippen LogP) is 4.34. The lowest BCUT2D eigenvalue weighted by Gasteiger charge is -2.34. The van der Waals surface area contributed by atoms with E-state index >= 15 is 0 Å². The predicted molar refractivity (Wildman–Crippen MR) is 121 cm³/mol. The molecule has 1 heterocycles. The number of nitrogens with one attached hydrogen (secondary N) is 1. The number of carbonyl (C=O) groups excluding carboxylic acids is 2. The Morgan fingerprint density at radius 3 is 1.94 bits per heavy atom. The quantitative estimate of drug-likeness (QED) is 0.672. The van der Waals surface area contributed by atoms with Crippen LogP contribution in [-0.4, -0.2) is 47.9 Å². The average molecular weight is 426 g/mol. The molecule has 3 aromatic carbocycles. The number of ether oxygens (including phenoxy) is 1. The van der Waals surface area contributed by atoms with Gasteiger partial charge in [-0.1, -0.05) is 18.2 Å². The van der Waals surface area contributed by atoms with Crippen LogP contribution in [0.2, 0.25) is 0 Å². The lowest BCUT2D eigenvalue weighted by Crippen LogP contribution is -2.51. The Labute approximate surface area is 186 Å². The van der Waals surface area contributed by atoms with E-state index in [2.05, 4.69) is 11.4 Å². The van der Waals surface area contributed by atoms with Crippen molar-refractivity contribution < 1.29 is 14.3 Å². The molecule has 1 aliphatic rings. The molecule has 3 amide bonds. The van der Waals surface area contributed by atoms with Crippen molar-refractivity contribution in [3.63, 3.8) is 0 Å². The molecule has 7 heteroatoms. The minimum absolute atomic E-state index is 0.0106. The molecule has 0 unspecified atom stereocenters. The van der Waals surface area contributed by atoms with E-state index in [4.69, 9.17) is 10.00 Å². The SMILES string of the molecule is N#Cc1ccc(Oc2ccc(NC(=O)N3CCN(C(=O)c4ccccc4)CC3)cc2)cc1. The number of hydrogen-bond acceptors (Lipinski definition) is 4. The first-order valence-electron chi connectivity index (χ1n) is 10.3. The van der Waals surface area contributed by atoms with E-state index in [-0.39, 0.29) is 11.9 Å². The van der Waals surface area contributed by atoms with E-state index in [1.54, 1.807) is 70.5 Å². The zero-order valence-electron chi connectivity index (χ0n) is 17.4. The molecule has 3 aromatic rings. The minimum atomic E-state index is -0.197. The normalized spacial score (nSPS) is 13.2. The zero-order valence-corrected chi connectivity index (χ0v) is 17.4. The minimum Gasteiger partial charge on any atom is -0.457 e. The number of anilines is 1. The van der Waals surface area contributed by atoms with Crippen LogP contribution in [0.3, 0.4) is 0 Å². The summed E-state index contributed by atoms with van der Waals surface area (Å²) < 4.78 is 5.75. The van der Waals surface area contributed by atoms with Crippen molar-refractivity contribution in [2.75, 3.05) is 31.5 Å². The standard InChI is InChI=1S/C25H22N4O3/c26-18-19-6-10-22(11-7-19)32-23-12-8-21(9-13-23)27-25(31)29-16-14-28(15-17-29)24(30)20-4-2-1-3-5-20/h1-13H,14-17H2,(H,27,31). The molecule has 0 spiro atoms. The van der Waals surface area contributed by atoms with E-state index in [0.29, 0.717) is 54.5 Å². The Morgan fingerprint density at radius 1 is 0.781 bits per heavy atom. The van der Waals surface area contributed by atoms with Gasteiger partial charge in [0.25, 0.3) is 5.91 Å². The van der Waals surface area contributed by atoms with Gasteiger partial charge in [-0.05, 0) is 60.7 Å². The highest BCUT2D eigenvalue weighted by Gasteiger charge is 2.24. The number of amides is 3. The van der Waals surface area contributed by atoms with E-state index in [0.717, 1.165) is 0 Å². The summed E-state index contributed by atoms with van der Waals surface area (Å²) in [6.45, 7) is 1.95. The van der Waals surface area contributed by atoms with E-state index in [1.807, 2.05) is 18.2 Å².